The molecule has 0 bridgehead atoms. The van der Waals surface area contributed by atoms with Crippen molar-refractivity contribution >= 4 is 17.5 Å². The Labute approximate surface area is 107 Å². The lowest BCUT2D eigenvalue weighted by Crippen LogP contribution is -2.20. The molecular formula is C12H10FN3O3. The molecule has 0 amide bonds. The minimum atomic E-state index is -1.22. The zero-order valence-corrected chi connectivity index (χ0v) is 9.92. The number of aromatic carboxylic acids is 1. The average molecular weight is 263 g/mol. The highest BCUT2D eigenvalue weighted by molar-refractivity contribution is 5.88. The molecule has 19 heavy (non-hydrogen) atoms. The third-order valence-electron chi connectivity index (χ3n) is 2.49. The first kappa shape index (κ1) is 12.7. The number of nitrogens with zero attached hydrogens (tertiary/aromatic N) is 2. The first-order valence-corrected chi connectivity index (χ1v) is 5.30. The van der Waals surface area contributed by atoms with Crippen LogP contribution in [-0.2, 0) is 7.05 Å². The Morgan fingerprint density at radius 3 is 2.84 bits per heavy atom. The van der Waals surface area contributed by atoms with Gasteiger partial charge in [-0.05, 0) is 18.2 Å². The molecule has 0 radical (unpaired) electrons. The van der Waals surface area contributed by atoms with Gasteiger partial charge in [0.2, 0.25) is 0 Å². The number of carboxylic acids is 1. The van der Waals surface area contributed by atoms with Crippen LogP contribution in [0.5, 0.6) is 0 Å². The van der Waals surface area contributed by atoms with E-state index in [1.807, 2.05) is 0 Å². The van der Waals surface area contributed by atoms with Crippen LogP contribution in [0.25, 0.3) is 0 Å². The van der Waals surface area contributed by atoms with Crippen LogP contribution < -0.4 is 10.9 Å². The van der Waals surface area contributed by atoms with Crippen LogP contribution in [0.15, 0.2) is 35.4 Å². The fourth-order valence-electron chi connectivity index (χ4n) is 1.46. The summed E-state index contributed by atoms with van der Waals surface area (Å²) in [6, 6.07) is 3.35. The van der Waals surface area contributed by atoms with Gasteiger partial charge in [0.15, 0.2) is 5.82 Å². The van der Waals surface area contributed by atoms with Crippen LogP contribution in [0.4, 0.5) is 15.9 Å². The van der Waals surface area contributed by atoms with Gasteiger partial charge in [-0.2, -0.15) is 0 Å². The number of hydrogen-bond acceptors (Lipinski definition) is 4. The zero-order chi connectivity index (χ0) is 14.0. The number of carboxylic acid groups (broad SMARTS) is 1. The van der Waals surface area contributed by atoms with Crippen LogP contribution in [-0.4, -0.2) is 20.6 Å². The maximum absolute atomic E-state index is 13.7. The second-order valence-corrected chi connectivity index (χ2v) is 3.82. The Balaban J connectivity index is 2.36. The number of halogens is 1. The second-order valence-electron chi connectivity index (χ2n) is 3.82. The molecule has 0 saturated heterocycles. The third-order valence-corrected chi connectivity index (χ3v) is 2.49. The van der Waals surface area contributed by atoms with Gasteiger partial charge in [-0.15, -0.1) is 0 Å². The maximum Gasteiger partial charge on any atom is 0.335 e. The molecule has 0 aliphatic carbocycles. The van der Waals surface area contributed by atoms with Crippen LogP contribution in [0.3, 0.4) is 0 Å². The van der Waals surface area contributed by atoms with Crippen molar-refractivity contribution in [1.82, 2.24) is 9.55 Å². The Morgan fingerprint density at radius 2 is 2.21 bits per heavy atom. The average Bonchev–Trinajstić information content (AvgIpc) is 2.37. The van der Waals surface area contributed by atoms with Crippen molar-refractivity contribution in [3.63, 3.8) is 0 Å². The monoisotopic (exact) mass is 263 g/mol. The number of rotatable bonds is 3. The van der Waals surface area contributed by atoms with E-state index in [4.69, 9.17) is 5.11 Å². The fraction of sp³-hybridized carbons (Fsp3) is 0.0833. The highest BCUT2D eigenvalue weighted by Gasteiger charge is 2.10. The van der Waals surface area contributed by atoms with Crippen molar-refractivity contribution in [1.29, 1.82) is 0 Å². The van der Waals surface area contributed by atoms with E-state index in [9.17, 15) is 14.0 Å². The molecule has 0 fully saturated rings. The fourth-order valence-corrected chi connectivity index (χ4v) is 1.46. The van der Waals surface area contributed by atoms with E-state index in [-0.39, 0.29) is 17.1 Å². The quantitative estimate of drug-likeness (QED) is 0.873. The summed E-state index contributed by atoms with van der Waals surface area (Å²) in [5, 5.41) is 11.3. The Morgan fingerprint density at radius 1 is 1.47 bits per heavy atom. The summed E-state index contributed by atoms with van der Waals surface area (Å²) in [5.74, 6) is -2.03. The van der Waals surface area contributed by atoms with Gasteiger partial charge in [-0.1, -0.05) is 0 Å². The molecular weight excluding hydrogens is 253 g/mol. The molecule has 2 aromatic rings. The van der Waals surface area contributed by atoms with Gasteiger partial charge in [0.1, 0.15) is 5.82 Å². The number of aromatic nitrogens is 2. The van der Waals surface area contributed by atoms with E-state index in [1.54, 1.807) is 7.05 Å². The van der Waals surface area contributed by atoms with Crippen LogP contribution in [0.1, 0.15) is 10.4 Å². The topological polar surface area (TPSA) is 84.2 Å². The molecule has 2 N–H and O–H groups in total. The lowest BCUT2D eigenvalue weighted by Gasteiger charge is -2.07. The van der Waals surface area contributed by atoms with Gasteiger partial charge in [0, 0.05) is 19.4 Å². The molecule has 7 heteroatoms. The molecule has 98 valence electrons. The van der Waals surface area contributed by atoms with E-state index in [2.05, 4.69) is 10.3 Å². The van der Waals surface area contributed by atoms with Crippen LogP contribution >= 0.6 is 0 Å². The summed E-state index contributed by atoms with van der Waals surface area (Å²) >= 11 is 0. The van der Waals surface area contributed by atoms with Gasteiger partial charge in [0.05, 0.1) is 11.3 Å². The summed E-state index contributed by atoms with van der Waals surface area (Å²) in [6.07, 6.45) is 2.87. The van der Waals surface area contributed by atoms with Crippen molar-refractivity contribution in [2.24, 2.45) is 7.05 Å². The predicted molar refractivity (Wildman–Crippen MR) is 66.1 cm³/mol. The van der Waals surface area contributed by atoms with Crippen LogP contribution in [0, 0.1) is 5.82 Å². The molecule has 0 spiro atoms. The lowest BCUT2D eigenvalue weighted by molar-refractivity contribution is 0.0696. The molecule has 0 aliphatic rings. The minimum Gasteiger partial charge on any atom is -0.478 e. The molecule has 6 nitrogen and oxygen atoms in total. The first-order chi connectivity index (χ1) is 8.99. The SMILES string of the molecule is Cn1ccnc(Nc2ccc(C(=O)O)cc2F)c1=O. The Kier molecular flexibility index (Phi) is 3.28. The van der Waals surface area contributed by atoms with E-state index in [0.29, 0.717) is 0 Å². The summed E-state index contributed by atoms with van der Waals surface area (Å²) in [7, 11) is 1.54. The highest BCUT2D eigenvalue weighted by atomic mass is 19.1. The van der Waals surface area contributed by atoms with Crippen molar-refractivity contribution in [2.75, 3.05) is 5.32 Å². The molecule has 1 aromatic heterocycles. The van der Waals surface area contributed by atoms with E-state index in [0.717, 1.165) is 6.07 Å². The summed E-state index contributed by atoms with van der Waals surface area (Å²) in [5.41, 5.74) is -0.595. The minimum absolute atomic E-state index is 0.0131. The molecule has 1 aromatic carbocycles. The molecule has 0 saturated carbocycles. The van der Waals surface area contributed by atoms with Crippen molar-refractivity contribution < 1.29 is 14.3 Å². The van der Waals surface area contributed by atoms with Crippen LogP contribution in [0.2, 0.25) is 0 Å². The van der Waals surface area contributed by atoms with E-state index >= 15 is 0 Å². The molecule has 0 aliphatic heterocycles. The first-order valence-electron chi connectivity index (χ1n) is 5.30. The van der Waals surface area contributed by atoms with Gasteiger partial charge >= 0.3 is 5.97 Å². The van der Waals surface area contributed by atoms with E-state index < -0.39 is 17.3 Å². The highest BCUT2D eigenvalue weighted by Crippen LogP contribution is 2.18. The number of aryl methyl sites for hydroxylation is 1. The maximum atomic E-state index is 13.7. The Hall–Kier alpha value is -2.70. The Bertz CT molecular complexity index is 697. The van der Waals surface area contributed by atoms with Crippen molar-refractivity contribution in [2.45, 2.75) is 0 Å². The number of carbonyl (C=O) groups is 1. The third kappa shape index (κ3) is 2.59. The summed E-state index contributed by atoms with van der Waals surface area (Å²) in [4.78, 5) is 26.2. The van der Waals surface area contributed by atoms with Crippen molar-refractivity contribution in [3.05, 3.63) is 52.3 Å². The summed E-state index contributed by atoms with van der Waals surface area (Å²) < 4.78 is 15.0. The second kappa shape index (κ2) is 4.89. The molecule has 0 atom stereocenters. The number of anilines is 2. The smallest absolute Gasteiger partial charge is 0.335 e. The summed E-state index contributed by atoms with van der Waals surface area (Å²) in [6.45, 7) is 0. The molecule has 2 rings (SSSR count). The zero-order valence-electron chi connectivity index (χ0n) is 9.92. The standard InChI is InChI=1S/C12H10FN3O3/c1-16-5-4-14-10(11(16)17)15-9-3-2-7(12(18)19)6-8(9)13/h2-6H,1H3,(H,14,15)(H,18,19). The van der Waals surface area contributed by atoms with Gasteiger partial charge in [-0.3, -0.25) is 4.79 Å². The number of nitrogens with one attached hydrogen (secondary N) is 1. The normalized spacial score (nSPS) is 10.2. The number of benzene rings is 1. The number of hydrogen-bond donors (Lipinski definition) is 2. The van der Waals surface area contributed by atoms with Crippen molar-refractivity contribution in [3.8, 4) is 0 Å². The van der Waals surface area contributed by atoms with Gasteiger partial charge in [-0.25, -0.2) is 14.2 Å². The molecule has 0 unspecified atom stereocenters. The largest absolute Gasteiger partial charge is 0.478 e. The molecule has 1 heterocycles. The van der Waals surface area contributed by atoms with Gasteiger partial charge < -0.3 is 15.0 Å². The lowest BCUT2D eigenvalue weighted by atomic mass is 10.2. The predicted octanol–water partition coefficient (Wildman–Crippen LogP) is 1.36. The van der Waals surface area contributed by atoms with Gasteiger partial charge in [0.25, 0.3) is 5.56 Å². The van der Waals surface area contributed by atoms with E-state index in [1.165, 1.54) is 29.1 Å².